The lowest BCUT2D eigenvalue weighted by molar-refractivity contribution is 0.414. The van der Waals surface area contributed by atoms with Crippen LogP contribution in [0.25, 0.3) is 21.7 Å². The van der Waals surface area contributed by atoms with E-state index in [0.29, 0.717) is 10.2 Å². The van der Waals surface area contributed by atoms with Gasteiger partial charge in [0.1, 0.15) is 11.5 Å². The number of thiazole rings is 1. The van der Waals surface area contributed by atoms with Gasteiger partial charge in [-0.25, -0.2) is 9.98 Å². The second-order valence-corrected chi connectivity index (χ2v) is 7.86. The van der Waals surface area contributed by atoms with Gasteiger partial charge in [-0.05, 0) is 71.8 Å². The number of hydrogen-bond donors (Lipinski definition) is 0. The van der Waals surface area contributed by atoms with Gasteiger partial charge in [0.15, 0.2) is 0 Å². The van der Waals surface area contributed by atoms with Crippen LogP contribution >= 0.6 is 22.9 Å². The van der Waals surface area contributed by atoms with Gasteiger partial charge in [0, 0.05) is 16.8 Å². The summed E-state index contributed by atoms with van der Waals surface area (Å²) in [6.45, 7) is 0. The molecule has 0 aliphatic rings. The molecule has 1 heterocycles. The van der Waals surface area contributed by atoms with Crippen molar-refractivity contribution in [3.8, 4) is 33.2 Å². The predicted molar refractivity (Wildman–Crippen MR) is 125 cm³/mol. The molecule has 0 amide bonds. The van der Waals surface area contributed by atoms with Crippen LogP contribution in [0.4, 0.5) is 5.13 Å². The number of aliphatic imine (C=N–C) groups is 1. The smallest absolute Gasteiger partial charge is 0.210 e. The SMILES string of the molecule is COc1ccc(-c2nc(N=Cc3cccc(Cl)c3)sc2-c2ccc(OC)cc2)cc1. The van der Waals surface area contributed by atoms with Crippen molar-refractivity contribution in [2.45, 2.75) is 0 Å². The highest BCUT2D eigenvalue weighted by atomic mass is 35.5. The van der Waals surface area contributed by atoms with Gasteiger partial charge >= 0.3 is 0 Å². The van der Waals surface area contributed by atoms with Crippen LogP contribution in [0.3, 0.4) is 0 Å². The highest BCUT2D eigenvalue weighted by Crippen LogP contribution is 2.40. The van der Waals surface area contributed by atoms with Crippen molar-refractivity contribution in [2.24, 2.45) is 4.99 Å². The second-order valence-electron chi connectivity index (χ2n) is 6.44. The van der Waals surface area contributed by atoms with E-state index in [-0.39, 0.29) is 0 Å². The van der Waals surface area contributed by atoms with Gasteiger partial charge in [0.05, 0.1) is 24.8 Å². The molecule has 0 aliphatic heterocycles. The average Bonchev–Trinajstić information content (AvgIpc) is 3.22. The van der Waals surface area contributed by atoms with Crippen LogP contribution in [0.15, 0.2) is 77.8 Å². The van der Waals surface area contributed by atoms with Gasteiger partial charge in [0.25, 0.3) is 0 Å². The zero-order valence-electron chi connectivity index (χ0n) is 16.5. The van der Waals surface area contributed by atoms with E-state index in [1.54, 1.807) is 31.8 Å². The zero-order valence-corrected chi connectivity index (χ0v) is 18.1. The number of nitrogens with zero attached hydrogens (tertiary/aromatic N) is 2. The molecule has 0 spiro atoms. The summed E-state index contributed by atoms with van der Waals surface area (Å²) in [5.41, 5.74) is 3.87. The Morgan fingerprint density at radius 3 is 2.10 bits per heavy atom. The van der Waals surface area contributed by atoms with Crippen LogP contribution in [-0.4, -0.2) is 25.4 Å². The fourth-order valence-electron chi connectivity index (χ4n) is 2.96. The molecule has 0 saturated carbocycles. The molecule has 0 radical (unpaired) electrons. The minimum absolute atomic E-state index is 0.673. The Morgan fingerprint density at radius 2 is 1.50 bits per heavy atom. The number of halogens is 1. The molecular weight excluding hydrogens is 416 g/mol. The van der Waals surface area contributed by atoms with Crippen LogP contribution in [0.2, 0.25) is 5.02 Å². The Labute approximate surface area is 184 Å². The van der Waals surface area contributed by atoms with E-state index < -0.39 is 0 Å². The Morgan fingerprint density at radius 1 is 0.867 bits per heavy atom. The Kier molecular flexibility index (Phi) is 6.12. The van der Waals surface area contributed by atoms with Crippen molar-refractivity contribution in [3.63, 3.8) is 0 Å². The van der Waals surface area contributed by atoms with Gasteiger partial charge in [0.2, 0.25) is 5.13 Å². The number of hydrogen-bond acceptors (Lipinski definition) is 5. The van der Waals surface area contributed by atoms with E-state index in [1.807, 2.05) is 72.8 Å². The third kappa shape index (κ3) is 4.53. The first-order valence-electron chi connectivity index (χ1n) is 9.25. The average molecular weight is 435 g/mol. The van der Waals surface area contributed by atoms with Crippen molar-refractivity contribution in [1.29, 1.82) is 0 Å². The van der Waals surface area contributed by atoms with Gasteiger partial charge < -0.3 is 9.47 Å². The van der Waals surface area contributed by atoms with Gasteiger partial charge in [-0.2, -0.15) is 0 Å². The highest BCUT2D eigenvalue weighted by molar-refractivity contribution is 7.19. The quantitative estimate of drug-likeness (QED) is 0.310. The molecule has 0 aliphatic carbocycles. The predicted octanol–water partition coefficient (Wildman–Crippen LogP) is 6.90. The van der Waals surface area contributed by atoms with E-state index in [4.69, 9.17) is 26.1 Å². The van der Waals surface area contributed by atoms with Crippen LogP contribution < -0.4 is 9.47 Å². The lowest BCUT2D eigenvalue weighted by atomic mass is 10.1. The van der Waals surface area contributed by atoms with Crippen LogP contribution in [0.1, 0.15) is 5.56 Å². The summed E-state index contributed by atoms with van der Waals surface area (Å²) in [5.74, 6) is 1.62. The number of rotatable bonds is 6. The van der Waals surface area contributed by atoms with Crippen molar-refractivity contribution in [3.05, 3.63) is 83.4 Å². The number of methoxy groups -OCH3 is 2. The maximum atomic E-state index is 6.07. The van der Waals surface area contributed by atoms with Crippen molar-refractivity contribution < 1.29 is 9.47 Å². The molecule has 1 aromatic heterocycles. The first-order chi connectivity index (χ1) is 14.7. The monoisotopic (exact) mass is 434 g/mol. The summed E-state index contributed by atoms with van der Waals surface area (Å²) in [4.78, 5) is 10.4. The van der Waals surface area contributed by atoms with Crippen LogP contribution in [0.5, 0.6) is 11.5 Å². The van der Waals surface area contributed by atoms with Gasteiger partial charge in [-0.15, -0.1) is 0 Å². The second kappa shape index (κ2) is 9.11. The van der Waals surface area contributed by atoms with E-state index in [0.717, 1.165) is 38.8 Å². The van der Waals surface area contributed by atoms with Crippen molar-refractivity contribution >= 4 is 34.3 Å². The summed E-state index contributed by atoms with van der Waals surface area (Å²) in [6, 6.07) is 23.4. The maximum absolute atomic E-state index is 6.07. The molecule has 0 unspecified atom stereocenters. The van der Waals surface area contributed by atoms with Crippen LogP contribution in [0, 0.1) is 0 Å². The molecule has 0 atom stereocenters. The Balaban J connectivity index is 1.75. The van der Waals surface area contributed by atoms with E-state index in [2.05, 4.69) is 4.99 Å². The Bertz CT molecular complexity index is 1100. The summed E-state index contributed by atoms with van der Waals surface area (Å²) in [5, 5.41) is 1.35. The molecule has 4 nitrogen and oxygen atoms in total. The van der Waals surface area contributed by atoms with Crippen LogP contribution in [-0.2, 0) is 0 Å². The minimum atomic E-state index is 0.673. The number of ether oxygens (including phenoxy) is 2. The first kappa shape index (κ1) is 20.1. The van der Waals surface area contributed by atoms with Gasteiger partial charge in [-0.1, -0.05) is 35.1 Å². The summed E-state index contributed by atoms with van der Waals surface area (Å²) >= 11 is 7.61. The van der Waals surface area contributed by atoms with Crippen molar-refractivity contribution in [2.75, 3.05) is 14.2 Å². The minimum Gasteiger partial charge on any atom is -0.497 e. The molecule has 4 aromatic rings. The summed E-state index contributed by atoms with van der Waals surface area (Å²) in [6.07, 6.45) is 1.78. The first-order valence-corrected chi connectivity index (χ1v) is 10.4. The standard InChI is InChI=1S/C24H19ClN2O2S/c1-28-20-10-6-17(7-11-20)22-23(18-8-12-21(29-2)13-9-18)30-24(27-22)26-15-16-4-3-5-19(25)14-16/h3-15H,1-2H3. The fourth-order valence-corrected chi connectivity index (χ4v) is 4.10. The van der Waals surface area contributed by atoms with E-state index >= 15 is 0 Å². The molecule has 0 saturated heterocycles. The number of aromatic nitrogens is 1. The third-order valence-corrected chi connectivity index (χ3v) is 5.75. The fraction of sp³-hybridized carbons (Fsp3) is 0.0833. The third-order valence-electron chi connectivity index (χ3n) is 4.50. The molecule has 150 valence electrons. The summed E-state index contributed by atoms with van der Waals surface area (Å²) < 4.78 is 10.6. The zero-order chi connectivity index (χ0) is 20.9. The molecule has 6 heteroatoms. The molecule has 0 bridgehead atoms. The van der Waals surface area contributed by atoms with E-state index in [9.17, 15) is 0 Å². The van der Waals surface area contributed by atoms with Gasteiger partial charge in [-0.3, -0.25) is 0 Å². The Hall–Kier alpha value is -3.15. The highest BCUT2D eigenvalue weighted by Gasteiger charge is 2.15. The molecular formula is C24H19ClN2O2S. The summed E-state index contributed by atoms with van der Waals surface area (Å²) in [7, 11) is 3.32. The molecule has 0 N–H and O–H groups in total. The lowest BCUT2D eigenvalue weighted by Gasteiger charge is -2.05. The lowest BCUT2D eigenvalue weighted by Crippen LogP contribution is -1.85. The largest absolute Gasteiger partial charge is 0.497 e. The topological polar surface area (TPSA) is 43.7 Å². The molecule has 0 fully saturated rings. The van der Waals surface area contributed by atoms with Crippen molar-refractivity contribution in [1.82, 2.24) is 4.98 Å². The van der Waals surface area contributed by atoms with E-state index in [1.165, 1.54) is 0 Å². The molecule has 30 heavy (non-hydrogen) atoms. The normalized spacial score (nSPS) is 11.0. The molecule has 3 aromatic carbocycles. The maximum Gasteiger partial charge on any atom is 0.210 e. The molecule has 4 rings (SSSR count). The number of benzene rings is 3.